The van der Waals surface area contributed by atoms with Gasteiger partial charge in [-0.15, -0.1) is 6.42 Å². The molecule has 1 aliphatic heterocycles. The fourth-order valence-electron chi connectivity index (χ4n) is 5.45. The number of rotatable bonds is 10. The van der Waals surface area contributed by atoms with Crippen LogP contribution in [0.25, 0.3) is 11.1 Å². The third kappa shape index (κ3) is 7.46. The number of likely N-dealkylation sites (N-methyl/N-ethyl adjacent to an activating group) is 1. The van der Waals surface area contributed by atoms with Gasteiger partial charge in [0.15, 0.2) is 11.4 Å². The Morgan fingerprint density at radius 3 is 2.67 bits per heavy atom. The summed E-state index contributed by atoms with van der Waals surface area (Å²) in [6, 6.07) is 9.89. The molecule has 2 heterocycles. The van der Waals surface area contributed by atoms with Crippen LogP contribution < -0.4 is 10.1 Å². The third-order valence-electron chi connectivity index (χ3n) is 7.50. The molecular formula is C32H35F3N4O2S. The molecule has 0 radical (unpaired) electrons. The summed E-state index contributed by atoms with van der Waals surface area (Å²) >= 11 is 1.03. The topological polar surface area (TPSA) is 70.0 Å². The fourth-order valence-corrected chi connectivity index (χ4v) is 6.53. The van der Waals surface area contributed by atoms with E-state index in [0.29, 0.717) is 47.9 Å². The maximum atomic E-state index is 13.1. The van der Waals surface area contributed by atoms with Crippen LogP contribution in [0.4, 0.5) is 13.2 Å². The van der Waals surface area contributed by atoms with Gasteiger partial charge in [0.05, 0.1) is 25.7 Å². The highest BCUT2D eigenvalue weighted by Gasteiger charge is 2.38. The van der Waals surface area contributed by atoms with E-state index < -0.39 is 18.7 Å². The molecule has 0 amide bonds. The van der Waals surface area contributed by atoms with E-state index in [-0.39, 0.29) is 17.0 Å². The molecule has 0 spiro atoms. The average Bonchev–Trinajstić information content (AvgIpc) is 3.53. The van der Waals surface area contributed by atoms with Crippen molar-refractivity contribution in [2.75, 3.05) is 14.2 Å². The molecule has 2 N–H and O–H groups in total. The summed E-state index contributed by atoms with van der Waals surface area (Å²) in [5.41, 5.74) is 4.96. The van der Waals surface area contributed by atoms with Crippen LogP contribution in [-0.2, 0) is 6.54 Å². The van der Waals surface area contributed by atoms with Gasteiger partial charge in [-0.2, -0.15) is 13.2 Å². The van der Waals surface area contributed by atoms with Crippen LogP contribution in [0.3, 0.4) is 0 Å². The van der Waals surface area contributed by atoms with Gasteiger partial charge < -0.3 is 20.1 Å². The van der Waals surface area contributed by atoms with Gasteiger partial charge in [0.25, 0.3) is 0 Å². The van der Waals surface area contributed by atoms with Crippen molar-refractivity contribution < 1.29 is 23.0 Å². The Hall–Kier alpha value is -3.52. The quantitative estimate of drug-likeness (QED) is 0.308. The molecule has 4 rings (SSSR count). The first-order valence-electron chi connectivity index (χ1n) is 13.7. The number of pyridine rings is 1. The fraction of sp³-hybridized carbons (Fsp3) is 0.375. The minimum Gasteiger partial charge on any atom is -0.494 e. The van der Waals surface area contributed by atoms with Crippen molar-refractivity contribution >= 4 is 16.8 Å². The number of aromatic nitrogens is 1. The van der Waals surface area contributed by atoms with E-state index >= 15 is 0 Å². The molecule has 1 unspecified atom stereocenters. The molecule has 0 saturated heterocycles. The normalized spacial score (nSPS) is 22.6. The number of aliphatic imine (C=N–C) groups is 1. The van der Waals surface area contributed by atoms with E-state index in [2.05, 4.69) is 27.8 Å². The first kappa shape index (κ1) is 31.4. The van der Waals surface area contributed by atoms with Crippen LogP contribution in [0.1, 0.15) is 43.9 Å². The highest BCUT2D eigenvalue weighted by atomic mass is 32.2. The van der Waals surface area contributed by atoms with Gasteiger partial charge in [0, 0.05) is 53.8 Å². The number of allylic oxidation sites excluding steroid dienone is 3. The van der Waals surface area contributed by atoms with Crippen LogP contribution >= 0.6 is 11.8 Å². The number of halogens is 3. The van der Waals surface area contributed by atoms with Gasteiger partial charge in [-0.25, -0.2) is 9.98 Å². The summed E-state index contributed by atoms with van der Waals surface area (Å²) < 4.78 is 44.6. The summed E-state index contributed by atoms with van der Waals surface area (Å²) in [6.07, 6.45) is 6.09. The van der Waals surface area contributed by atoms with Crippen molar-refractivity contribution in [3.05, 3.63) is 82.8 Å². The second-order valence-corrected chi connectivity index (χ2v) is 11.4. The Bertz CT molecular complexity index is 1430. The lowest BCUT2D eigenvalue weighted by atomic mass is 10.0. The first-order valence-corrected chi connectivity index (χ1v) is 14.5. The molecule has 1 aliphatic carbocycles. The lowest BCUT2D eigenvalue weighted by Crippen LogP contribution is -2.38. The molecule has 1 aromatic heterocycles. The molecule has 1 fully saturated rings. The number of hydrogen-bond acceptors (Lipinski definition) is 7. The van der Waals surface area contributed by atoms with Gasteiger partial charge in [-0.05, 0) is 48.5 Å². The monoisotopic (exact) mass is 596 g/mol. The Kier molecular flexibility index (Phi) is 10.2. The van der Waals surface area contributed by atoms with E-state index in [1.807, 2.05) is 49.2 Å². The van der Waals surface area contributed by atoms with Gasteiger partial charge in [0.1, 0.15) is 5.04 Å². The van der Waals surface area contributed by atoms with Gasteiger partial charge in [0.2, 0.25) is 0 Å². The minimum absolute atomic E-state index is 0.0793. The Morgan fingerprint density at radius 2 is 2.05 bits per heavy atom. The zero-order valence-electron chi connectivity index (χ0n) is 23.9. The number of hydrogen-bond donors (Lipinski definition) is 2. The van der Waals surface area contributed by atoms with Crippen molar-refractivity contribution in [3.8, 4) is 29.2 Å². The molecule has 1 saturated carbocycles. The SMILES string of the molecule is C#Cc1ncc(-c2ccc(CNC3C[C@@H](O)[C@@H](N(C)/C(CC)=C4\C=C(CC(F)(F)F)SC4=NC=C)C3)cc2)cc1OC. The molecule has 3 atom stereocenters. The minimum atomic E-state index is -4.30. The van der Waals surface area contributed by atoms with Crippen molar-refractivity contribution in [1.82, 2.24) is 15.2 Å². The molecule has 0 bridgehead atoms. The van der Waals surface area contributed by atoms with Gasteiger partial charge >= 0.3 is 6.18 Å². The Balaban J connectivity index is 1.42. The Morgan fingerprint density at radius 1 is 1.31 bits per heavy atom. The lowest BCUT2D eigenvalue weighted by molar-refractivity contribution is -0.125. The van der Waals surface area contributed by atoms with E-state index in [0.717, 1.165) is 34.1 Å². The van der Waals surface area contributed by atoms with E-state index in [1.54, 1.807) is 19.4 Å². The highest BCUT2D eigenvalue weighted by Crippen LogP contribution is 2.41. The number of methoxy groups -OCH3 is 1. The zero-order valence-corrected chi connectivity index (χ0v) is 24.7. The standard InChI is InChI=1S/C32H35F3N4O2S/c1-6-26-30(41-5)13-22(19-38-26)21-11-9-20(10-12-21)18-37-23-14-28(29(40)15-23)39(4)27(7-2)25-16-24(17-32(33,34)35)42-31(25)36-8-3/h1,8-13,16,19,23,28-29,37,40H,3,7,14-15,17-18H2,2,4-5H3/b27-25+,36-31?/t23?,28-,29+/m0/s1. The number of alkyl halides is 3. The third-order valence-corrected chi connectivity index (χ3v) is 8.55. The molecule has 6 nitrogen and oxygen atoms in total. The van der Waals surface area contributed by atoms with Crippen LogP contribution in [-0.4, -0.2) is 58.6 Å². The number of benzene rings is 1. The lowest BCUT2D eigenvalue weighted by Gasteiger charge is -2.32. The average molecular weight is 597 g/mol. The van der Waals surface area contributed by atoms with Crippen molar-refractivity contribution in [1.29, 1.82) is 0 Å². The maximum Gasteiger partial charge on any atom is 0.393 e. The number of terminal acetylenes is 1. The maximum absolute atomic E-state index is 13.1. The number of aliphatic hydroxyl groups is 1. The summed E-state index contributed by atoms with van der Waals surface area (Å²) in [6.45, 7) is 6.21. The molecule has 222 valence electrons. The summed E-state index contributed by atoms with van der Waals surface area (Å²) in [4.78, 5) is 10.8. The van der Waals surface area contributed by atoms with E-state index in [1.165, 1.54) is 6.20 Å². The number of nitrogens with zero attached hydrogens (tertiary/aromatic N) is 3. The largest absolute Gasteiger partial charge is 0.494 e. The van der Waals surface area contributed by atoms with E-state index in [4.69, 9.17) is 11.2 Å². The number of thioether (sulfide) groups is 1. The first-order chi connectivity index (χ1) is 20.1. The summed E-state index contributed by atoms with van der Waals surface area (Å²) in [5.74, 6) is 3.06. The van der Waals surface area contributed by atoms with Crippen molar-refractivity contribution in [2.24, 2.45) is 4.99 Å². The molecule has 2 aliphatic rings. The number of nitrogens with one attached hydrogen (secondary N) is 1. The molecule has 2 aromatic rings. The van der Waals surface area contributed by atoms with Crippen LogP contribution in [0.5, 0.6) is 5.75 Å². The second-order valence-electron chi connectivity index (χ2n) is 10.2. The van der Waals surface area contributed by atoms with Gasteiger partial charge in [-0.1, -0.05) is 49.5 Å². The van der Waals surface area contributed by atoms with Crippen molar-refractivity contribution in [2.45, 2.75) is 63.5 Å². The van der Waals surface area contributed by atoms with Crippen LogP contribution in [0.2, 0.25) is 0 Å². The van der Waals surface area contributed by atoms with Gasteiger partial charge in [-0.3, -0.25) is 0 Å². The summed E-state index contributed by atoms with van der Waals surface area (Å²) in [7, 11) is 3.46. The molecule has 42 heavy (non-hydrogen) atoms. The predicted molar refractivity (Wildman–Crippen MR) is 163 cm³/mol. The zero-order chi connectivity index (χ0) is 30.4. The summed E-state index contributed by atoms with van der Waals surface area (Å²) in [5, 5.41) is 15.0. The predicted octanol–water partition coefficient (Wildman–Crippen LogP) is 6.44. The number of aliphatic hydroxyl groups excluding tert-OH is 1. The Labute approximate surface area is 249 Å². The second kappa shape index (κ2) is 13.6. The van der Waals surface area contributed by atoms with Crippen LogP contribution in [0.15, 0.2) is 76.6 Å². The van der Waals surface area contributed by atoms with Crippen molar-refractivity contribution in [3.63, 3.8) is 0 Å². The molecule has 10 heteroatoms. The van der Waals surface area contributed by atoms with Crippen LogP contribution in [0, 0.1) is 12.3 Å². The highest BCUT2D eigenvalue weighted by molar-refractivity contribution is 8.18. The molecule has 1 aromatic carbocycles. The van der Waals surface area contributed by atoms with E-state index in [9.17, 15) is 18.3 Å². The molecular weight excluding hydrogens is 561 g/mol. The smallest absolute Gasteiger partial charge is 0.393 e. The number of ether oxygens (including phenoxy) is 1.